The Balaban J connectivity index is 0.000000845. The molecule has 2 aromatic rings. The maximum absolute atomic E-state index is 3.51. The lowest BCUT2D eigenvalue weighted by atomic mass is 10.2. The summed E-state index contributed by atoms with van der Waals surface area (Å²) >= 11 is 3.51. The molecule has 0 spiro atoms. The molecule has 68 valence electrons. The number of hydrogen-bond acceptors (Lipinski definition) is 0. The highest BCUT2D eigenvalue weighted by atomic mass is 79.9. The molecule has 0 aliphatic carbocycles. The number of rotatable bonds is 0. The molecule has 0 N–H and O–H groups in total. The van der Waals surface area contributed by atoms with Gasteiger partial charge in [0.1, 0.15) is 7.05 Å². The van der Waals surface area contributed by atoms with Crippen LogP contribution in [0.2, 0.25) is 0 Å². The summed E-state index contributed by atoms with van der Waals surface area (Å²) in [6, 6.07) is 8.33. The first-order valence-corrected chi connectivity index (χ1v) is 4.60. The summed E-state index contributed by atoms with van der Waals surface area (Å²) in [4.78, 5) is 0. The van der Waals surface area contributed by atoms with Crippen molar-refractivity contribution in [3.05, 3.63) is 48.6 Å². The largest absolute Gasteiger partial charge is 0.358 e. The van der Waals surface area contributed by atoms with Gasteiger partial charge >= 0.3 is 0 Å². The fourth-order valence-corrected chi connectivity index (χ4v) is 1.81. The third-order valence-electron chi connectivity index (χ3n) is 1.91. The van der Waals surface area contributed by atoms with Gasteiger partial charge in [-0.2, -0.15) is 0 Å². The SMILES string of the molecule is C[n+]1ccc2c(Br)cccc2c1.[CH3-]. The number of benzene rings is 1. The lowest BCUT2D eigenvalue weighted by Crippen LogP contribution is -2.25. The Bertz CT molecular complexity index is 423. The van der Waals surface area contributed by atoms with Crippen LogP contribution in [0.1, 0.15) is 0 Å². The molecule has 1 heterocycles. The molecule has 0 unspecified atom stereocenters. The van der Waals surface area contributed by atoms with E-state index in [1.165, 1.54) is 10.8 Å². The summed E-state index contributed by atoms with van der Waals surface area (Å²) in [6.07, 6.45) is 4.16. The molecule has 1 aromatic heterocycles. The van der Waals surface area contributed by atoms with Crippen LogP contribution < -0.4 is 4.57 Å². The highest BCUT2D eigenvalue weighted by molar-refractivity contribution is 9.10. The number of halogens is 1. The van der Waals surface area contributed by atoms with Crippen molar-refractivity contribution in [1.29, 1.82) is 0 Å². The van der Waals surface area contributed by atoms with Crippen molar-refractivity contribution in [3.8, 4) is 0 Å². The lowest BCUT2D eigenvalue weighted by molar-refractivity contribution is -0.670. The molecule has 0 aliphatic rings. The molecule has 0 saturated carbocycles. The number of fused-ring (bicyclic) bond motifs is 1. The van der Waals surface area contributed by atoms with E-state index in [9.17, 15) is 0 Å². The zero-order valence-corrected chi connectivity index (χ0v) is 9.38. The van der Waals surface area contributed by atoms with E-state index in [-0.39, 0.29) is 7.43 Å². The molecule has 2 heteroatoms. The van der Waals surface area contributed by atoms with Gasteiger partial charge in [-0.25, -0.2) is 4.57 Å². The summed E-state index contributed by atoms with van der Waals surface area (Å²) in [5, 5.41) is 2.52. The molecule has 0 atom stereocenters. The Labute approximate surface area is 87.1 Å². The van der Waals surface area contributed by atoms with E-state index in [2.05, 4.69) is 44.9 Å². The first kappa shape index (κ1) is 10.2. The van der Waals surface area contributed by atoms with Gasteiger partial charge < -0.3 is 7.43 Å². The van der Waals surface area contributed by atoms with Gasteiger partial charge in [-0.1, -0.05) is 22.0 Å². The van der Waals surface area contributed by atoms with Crippen molar-refractivity contribution >= 4 is 26.7 Å². The van der Waals surface area contributed by atoms with Gasteiger partial charge in [-0.05, 0) is 12.1 Å². The molecule has 1 aromatic carbocycles. The molecule has 2 rings (SSSR count). The minimum absolute atomic E-state index is 0. The Kier molecular flexibility index (Phi) is 3.04. The van der Waals surface area contributed by atoms with Gasteiger partial charge in [0, 0.05) is 21.3 Å². The monoisotopic (exact) mass is 237 g/mol. The van der Waals surface area contributed by atoms with Gasteiger partial charge in [0.25, 0.3) is 0 Å². The van der Waals surface area contributed by atoms with Crippen molar-refractivity contribution in [2.45, 2.75) is 0 Å². The minimum atomic E-state index is 0. The normalized spacial score (nSPS) is 9.69. The highest BCUT2D eigenvalue weighted by Gasteiger charge is 2.00. The van der Waals surface area contributed by atoms with Gasteiger partial charge in [0.05, 0.1) is 0 Å². The first-order valence-electron chi connectivity index (χ1n) is 3.81. The van der Waals surface area contributed by atoms with Gasteiger partial charge in [0.15, 0.2) is 12.4 Å². The zero-order valence-electron chi connectivity index (χ0n) is 7.79. The molecule has 0 bridgehead atoms. The van der Waals surface area contributed by atoms with Crippen LogP contribution >= 0.6 is 15.9 Å². The second kappa shape index (κ2) is 3.88. The average molecular weight is 238 g/mol. The van der Waals surface area contributed by atoms with Crippen LogP contribution in [-0.2, 0) is 7.05 Å². The highest BCUT2D eigenvalue weighted by Crippen LogP contribution is 2.21. The molecular weight excluding hydrogens is 226 g/mol. The van der Waals surface area contributed by atoms with Crippen molar-refractivity contribution in [2.24, 2.45) is 7.05 Å². The number of aryl methyl sites for hydroxylation is 1. The van der Waals surface area contributed by atoms with Crippen LogP contribution in [0.3, 0.4) is 0 Å². The lowest BCUT2D eigenvalue weighted by Gasteiger charge is -1.96. The van der Waals surface area contributed by atoms with E-state index in [0.29, 0.717) is 0 Å². The Morgan fingerprint density at radius 3 is 2.77 bits per heavy atom. The Hall–Kier alpha value is -0.890. The van der Waals surface area contributed by atoms with Gasteiger partial charge in [-0.15, -0.1) is 0 Å². The molecule has 0 fully saturated rings. The summed E-state index contributed by atoms with van der Waals surface area (Å²) in [5.41, 5.74) is 0. The standard InChI is InChI=1S/C10H9BrN.CH3/c1-12-6-5-9-8(7-12)3-2-4-10(9)11;/h2-7H,1H3;1H3/q+1;-1. The van der Waals surface area contributed by atoms with Crippen LogP contribution in [0.15, 0.2) is 41.1 Å². The van der Waals surface area contributed by atoms with E-state index >= 15 is 0 Å². The van der Waals surface area contributed by atoms with Crippen molar-refractivity contribution in [3.63, 3.8) is 0 Å². The average Bonchev–Trinajstić information content (AvgIpc) is 2.04. The second-order valence-corrected chi connectivity index (χ2v) is 3.71. The van der Waals surface area contributed by atoms with Crippen LogP contribution in [0.4, 0.5) is 0 Å². The summed E-state index contributed by atoms with van der Waals surface area (Å²) in [7, 11) is 2.03. The Morgan fingerprint density at radius 2 is 2.00 bits per heavy atom. The molecule has 1 nitrogen and oxygen atoms in total. The number of aromatic nitrogens is 1. The van der Waals surface area contributed by atoms with Crippen LogP contribution in [-0.4, -0.2) is 0 Å². The van der Waals surface area contributed by atoms with Crippen molar-refractivity contribution < 1.29 is 4.57 Å². The van der Waals surface area contributed by atoms with E-state index < -0.39 is 0 Å². The number of pyridine rings is 1. The first-order chi connectivity index (χ1) is 5.77. The molecule has 0 amide bonds. The van der Waals surface area contributed by atoms with E-state index in [1.807, 2.05) is 19.3 Å². The van der Waals surface area contributed by atoms with E-state index in [0.717, 1.165) is 4.47 Å². The van der Waals surface area contributed by atoms with Gasteiger partial charge in [-0.3, -0.25) is 0 Å². The minimum Gasteiger partial charge on any atom is -0.358 e. The number of nitrogens with zero attached hydrogens (tertiary/aromatic N) is 1. The quantitative estimate of drug-likeness (QED) is 0.490. The summed E-state index contributed by atoms with van der Waals surface area (Å²) < 4.78 is 3.20. The van der Waals surface area contributed by atoms with Gasteiger partial charge in [0.2, 0.25) is 0 Å². The maximum Gasteiger partial charge on any atom is 0.176 e. The Morgan fingerprint density at radius 1 is 1.23 bits per heavy atom. The summed E-state index contributed by atoms with van der Waals surface area (Å²) in [6.45, 7) is 0. The predicted octanol–water partition coefficient (Wildman–Crippen LogP) is 2.88. The summed E-state index contributed by atoms with van der Waals surface area (Å²) in [5.74, 6) is 0. The molecule has 0 radical (unpaired) electrons. The predicted molar refractivity (Wildman–Crippen MR) is 59.2 cm³/mol. The third-order valence-corrected chi connectivity index (χ3v) is 2.60. The van der Waals surface area contributed by atoms with Crippen LogP contribution in [0, 0.1) is 7.43 Å². The molecular formula is C11H12BrN. The second-order valence-electron chi connectivity index (χ2n) is 2.85. The smallest absolute Gasteiger partial charge is 0.176 e. The number of hydrogen-bond donors (Lipinski definition) is 0. The molecule has 13 heavy (non-hydrogen) atoms. The van der Waals surface area contributed by atoms with E-state index in [4.69, 9.17) is 0 Å². The fraction of sp³-hybridized carbons (Fsp3) is 0.0909. The van der Waals surface area contributed by atoms with Crippen LogP contribution in [0.25, 0.3) is 10.8 Å². The zero-order chi connectivity index (χ0) is 8.55. The van der Waals surface area contributed by atoms with Crippen molar-refractivity contribution in [1.82, 2.24) is 0 Å². The topological polar surface area (TPSA) is 3.88 Å². The maximum atomic E-state index is 3.51. The molecule has 0 aliphatic heterocycles. The van der Waals surface area contributed by atoms with E-state index in [1.54, 1.807) is 0 Å². The van der Waals surface area contributed by atoms with Crippen molar-refractivity contribution in [2.75, 3.05) is 0 Å². The van der Waals surface area contributed by atoms with Crippen LogP contribution in [0.5, 0.6) is 0 Å². The fourth-order valence-electron chi connectivity index (χ4n) is 1.30. The molecule has 0 saturated heterocycles. The third kappa shape index (κ3) is 1.89.